The molecule has 0 unspecified atom stereocenters. The highest BCUT2D eigenvalue weighted by Crippen LogP contribution is 2.36. The summed E-state index contributed by atoms with van der Waals surface area (Å²) >= 11 is 6.55. The van der Waals surface area contributed by atoms with E-state index in [0.717, 1.165) is 11.1 Å². The number of hydrogen-bond donors (Lipinski definition) is 1. The molecular weight excluding hydrogens is 393 g/mol. The SMILES string of the molecule is CC(C)c1cc(OCC(=O)N(C)C)cc(Cl)c1Cc1ccc(O)c(C(C)C)c1F. The molecule has 1 amide bonds. The molecule has 0 fully saturated rings. The maximum Gasteiger partial charge on any atom is 0.259 e. The van der Waals surface area contributed by atoms with Crippen molar-refractivity contribution in [3.63, 3.8) is 0 Å². The first-order valence-electron chi connectivity index (χ1n) is 9.68. The fourth-order valence-electron chi connectivity index (χ4n) is 3.20. The van der Waals surface area contributed by atoms with Crippen molar-refractivity contribution in [2.45, 2.75) is 46.0 Å². The van der Waals surface area contributed by atoms with Gasteiger partial charge in [-0.15, -0.1) is 0 Å². The quantitative estimate of drug-likeness (QED) is 0.643. The first-order valence-corrected chi connectivity index (χ1v) is 10.1. The molecule has 0 saturated carbocycles. The van der Waals surface area contributed by atoms with Crippen molar-refractivity contribution in [1.82, 2.24) is 4.90 Å². The lowest BCUT2D eigenvalue weighted by Crippen LogP contribution is -2.27. The van der Waals surface area contributed by atoms with Crippen LogP contribution in [-0.4, -0.2) is 36.6 Å². The van der Waals surface area contributed by atoms with E-state index < -0.39 is 5.82 Å². The number of aromatic hydroxyl groups is 1. The molecule has 0 saturated heterocycles. The third-order valence-corrected chi connectivity index (χ3v) is 5.21. The Kier molecular flexibility index (Phi) is 7.53. The van der Waals surface area contributed by atoms with Crippen LogP contribution < -0.4 is 4.74 Å². The lowest BCUT2D eigenvalue weighted by molar-refractivity contribution is -0.130. The smallest absolute Gasteiger partial charge is 0.259 e. The zero-order valence-electron chi connectivity index (χ0n) is 17.8. The Hall–Kier alpha value is -2.27. The van der Waals surface area contributed by atoms with Gasteiger partial charge in [-0.3, -0.25) is 4.79 Å². The van der Waals surface area contributed by atoms with Crippen LogP contribution in [0.15, 0.2) is 24.3 Å². The largest absolute Gasteiger partial charge is 0.508 e. The van der Waals surface area contributed by atoms with E-state index in [1.54, 1.807) is 26.2 Å². The van der Waals surface area contributed by atoms with E-state index >= 15 is 4.39 Å². The number of halogens is 2. The van der Waals surface area contributed by atoms with E-state index in [4.69, 9.17) is 16.3 Å². The normalized spacial score (nSPS) is 11.2. The Morgan fingerprint density at radius 3 is 2.38 bits per heavy atom. The predicted molar refractivity (Wildman–Crippen MR) is 115 cm³/mol. The van der Waals surface area contributed by atoms with Crippen molar-refractivity contribution >= 4 is 17.5 Å². The number of nitrogens with zero attached hydrogens (tertiary/aromatic N) is 1. The lowest BCUT2D eigenvalue weighted by atomic mass is 9.90. The maximum atomic E-state index is 15.0. The number of carbonyl (C=O) groups is 1. The first-order chi connectivity index (χ1) is 13.5. The number of ether oxygens (including phenoxy) is 1. The summed E-state index contributed by atoms with van der Waals surface area (Å²) in [6.45, 7) is 7.66. The maximum absolute atomic E-state index is 15.0. The number of benzene rings is 2. The number of carbonyl (C=O) groups excluding carboxylic acids is 1. The molecular formula is C23H29ClFNO3. The second kappa shape index (κ2) is 9.49. The summed E-state index contributed by atoms with van der Waals surface area (Å²) in [5.41, 5.74) is 2.54. The highest BCUT2D eigenvalue weighted by molar-refractivity contribution is 6.31. The van der Waals surface area contributed by atoms with Crippen molar-refractivity contribution in [2.24, 2.45) is 0 Å². The molecule has 4 nitrogen and oxygen atoms in total. The molecule has 1 N–H and O–H groups in total. The first kappa shape index (κ1) is 23.0. The molecule has 0 aliphatic carbocycles. The van der Waals surface area contributed by atoms with E-state index in [2.05, 4.69) is 0 Å². The monoisotopic (exact) mass is 421 g/mol. The summed E-state index contributed by atoms with van der Waals surface area (Å²) in [5.74, 6) is -0.0934. The third-order valence-electron chi connectivity index (χ3n) is 4.87. The molecule has 0 aromatic heterocycles. The van der Waals surface area contributed by atoms with Crippen molar-refractivity contribution in [3.8, 4) is 11.5 Å². The van der Waals surface area contributed by atoms with Gasteiger partial charge in [0.2, 0.25) is 0 Å². The van der Waals surface area contributed by atoms with Gasteiger partial charge >= 0.3 is 0 Å². The average Bonchev–Trinajstić information content (AvgIpc) is 2.62. The number of phenols is 1. The van der Waals surface area contributed by atoms with E-state index in [-0.39, 0.29) is 30.1 Å². The Bertz CT molecular complexity index is 894. The summed E-state index contributed by atoms with van der Waals surface area (Å²) in [7, 11) is 3.33. The summed E-state index contributed by atoms with van der Waals surface area (Å²) in [6.07, 6.45) is 0.301. The van der Waals surface area contributed by atoms with Crippen LogP contribution in [0.4, 0.5) is 4.39 Å². The van der Waals surface area contributed by atoms with Crippen molar-refractivity contribution in [1.29, 1.82) is 0 Å². The van der Waals surface area contributed by atoms with Crippen LogP contribution in [0.1, 0.15) is 61.8 Å². The lowest BCUT2D eigenvalue weighted by Gasteiger charge is -2.19. The van der Waals surface area contributed by atoms with Crippen LogP contribution >= 0.6 is 11.6 Å². The molecule has 0 spiro atoms. The van der Waals surface area contributed by atoms with Crippen molar-refractivity contribution in [3.05, 3.63) is 57.4 Å². The summed E-state index contributed by atoms with van der Waals surface area (Å²) < 4.78 is 20.6. The van der Waals surface area contributed by atoms with Gasteiger partial charge in [-0.25, -0.2) is 4.39 Å². The van der Waals surface area contributed by atoms with E-state index in [1.807, 2.05) is 33.8 Å². The van der Waals surface area contributed by atoms with Crippen LogP contribution in [0.25, 0.3) is 0 Å². The van der Waals surface area contributed by atoms with Crippen LogP contribution in [0.2, 0.25) is 5.02 Å². The second-order valence-corrected chi connectivity index (χ2v) is 8.41. The van der Waals surface area contributed by atoms with Crippen molar-refractivity contribution in [2.75, 3.05) is 20.7 Å². The molecule has 0 aliphatic rings. The fraction of sp³-hybridized carbons (Fsp3) is 0.435. The summed E-state index contributed by atoms with van der Waals surface area (Å²) in [5, 5.41) is 10.5. The molecule has 0 bridgehead atoms. The van der Waals surface area contributed by atoms with Gasteiger partial charge in [0, 0.05) is 31.1 Å². The molecule has 158 valence electrons. The van der Waals surface area contributed by atoms with Gasteiger partial charge in [0.25, 0.3) is 5.91 Å². The topological polar surface area (TPSA) is 49.8 Å². The zero-order chi connectivity index (χ0) is 21.9. The molecule has 0 aliphatic heterocycles. The standard InChI is InChI=1S/C23H29ClFNO3/c1-13(2)17-10-16(29-12-21(28)26(5)6)11-19(24)18(17)9-15-7-8-20(27)22(14(3)4)23(15)25/h7-8,10-11,13-14,27H,9,12H2,1-6H3. The molecule has 6 heteroatoms. The van der Waals surface area contributed by atoms with Gasteiger partial charge in [-0.05, 0) is 46.7 Å². The molecule has 0 radical (unpaired) electrons. The highest BCUT2D eigenvalue weighted by Gasteiger charge is 2.20. The Balaban J connectivity index is 2.41. The number of amides is 1. The van der Waals surface area contributed by atoms with Gasteiger partial charge in [-0.1, -0.05) is 45.4 Å². The Morgan fingerprint density at radius 2 is 1.83 bits per heavy atom. The van der Waals surface area contributed by atoms with Gasteiger partial charge < -0.3 is 14.7 Å². The van der Waals surface area contributed by atoms with E-state index in [1.165, 1.54) is 11.0 Å². The molecule has 2 aromatic carbocycles. The molecule has 29 heavy (non-hydrogen) atoms. The van der Waals surface area contributed by atoms with E-state index in [0.29, 0.717) is 28.3 Å². The summed E-state index contributed by atoms with van der Waals surface area (Å²) in [6, 6.07) is 6.64. The number of hydrogen-bond acceptors (Lipinski definition) is 3. The third kappa shape index (κ3) is 5.41. The predicted octanol–water partition coefficient (Wildman–Crippen LogP) is 5.49. The minimum atomic E-state index is -0.400. The van der Waals surface area contributed by atoms with Gasteiger partial charge in [0.1, 0.15) is 17.3 Å². The molecule has 2 aromatic rings. The minimum Gasteiger partial charge on any atom is -0.508 e. The number of likely N-dealkylation sites (N-methyl/N-ethyl adjacent to an activating group) is 1. The van der Waals surface area contributed by atoms with Crippen LogP contribution in [0.5, 0.6) is 11.5 Å². The number of phenolic OH excluding ortho intramolecular Hbond substituents is 1. The van der Waals surface area contributed by atoms with Gasteiger partial charge in [0.05, 0.1) is 0 Å². The van der Waals surface area contributed by atoms with E-state index in [9.17, 15) is 9.90 Å². The summed E-state index contributed by atoms with van der Waals surface area (Å²) in [4.78, 5) is 13.2. The minimum absolute atomic E-state index is 0.0364. The molecule has 0 atom stereocenters. The van der Waals surface area contributed by atoms with Crippen LogP contribution in [-0.2, 0) is 11.2 Å². The average molecular weight is 422 g/mol. The van der Waals surface area contributed by atoms with Crippen molar-refractivity contribution < 1.29 is 19.0 Å². The Labute approximate surface area is 177 Å². The zero-order valence-corrected chi connectivity index (χ0v) is 18.6. The van der Waals surface area contributed by atoms with Gasteiger partial charge in [0.15, 0.2) is 6.61 Å². The highest BCUT2D eigenvalue weighted by atomic mass is 35.5. The van der Waals surface area contributed by atoms with Gasteiger partial charge in [-0.2, -0.15) is 0 Å². The molecule has 2 rings (SSSR count). The second-order valence-electron chi connectivity index (χ2n) is 8.01. The number of rotatable bonds is 7. The Morgan fingerprint density at radius 1 is 1.17 bits per heavy atom. The fourth-order valence-corrected chi connectivity index (χ4v) is 3.48. The molecule has 0 heterocycles. The van der Waals surface area contributed by atoms with Crippen LogP contribution in [0.3, 0.4) is 0 Å². The van der Waals surface area contributed by atoms with Crippen LogP contribution in [0, 0.1) is 5.82 Å².